The molecule has 0 bridgehead atoms. The Balaban J connectivity index is 1.43. The highest BCUT2D eigenvalue weighted by molar-refractivity contribution is 6.20. The summed E-state index contributed by atoms with van der Waals surface area (Å²) in [6.07, 6.45) is 0. The number of anilines is 3. The molecule has 0 unspecified atom stereocenters. The number of benzene rings is 8. The summed E-state index contributed by atoms with van der Waals surface area (Å²) in [6, 6.07) is 58.5. The van der Waals surface area contributed by atoms with E-state index < -0.39 is 0 Å². The fraction of sp³-hybridized carbons (Fsp3) is 0. The minimum absolute atomic E-state index is 0.883. The van der Waals surface area contributed by atoms with Crippen molar-refractivity contribution < 1.29 is 4.42 Å². The van der Waals surface area contributed by atoms with Crippen molar-refractivity contribution in [1.29, 1.82) is 0 Å². The normalized spacial score (nSPS) is 11.6. The molecule has 0 spiro atoms. The monoisotopic (exact) mass is 561 g/mol. The predicted molar refractivity (Wildman–Crippen MR) is 186 cm³/mol. The molecule has 1 heterocycles. The van der Waals surface area contributed by atoms with Gasteiger partial charge < -0.3 is 9.32 Å². The molecule has 1 aromatic heterocycles. The third-order valence-electron chi connectivity index (χ3n) is 8.84. The predicted octanol–water partition coefficient (Wildman–Crippen LogP) is 12.2. The van der Waals surface area contributed by atoms with E-state index in [1.807, 2.05) is 6.07 Å². The Morgan fingerprint density at radius 2 is 0.977 bits per heavy atom. The Bertz CT molecular complexity index is 2500. The van der Waals surface area contributed by atoms with E-state index in [0.717, 1.165) is 50.1 Å². The highest BCUT2D eigenvalue weighted by Gasteiger charge is 2.24. The molecule has 2 heteroatoms. The van der Waals surface area contributed by atoms with Gasteiger partial charge in [0.1, 0.15) is 11.2 Å². The Kier molecular flexibility index (Phi) is 5.54. The molecule has 0 aliphatic heterocycles. The first-order chi connectivity index (χ1) is 21.8. The van der Waals surface area contributed by atoms with Crippen molar-refractivity contribution in [3.05, 3.63) is 164 Å². The average Bonchev–Trinajstić information content (AvgIpc) is 3.49. The van der Waals surface area contributed by atoms with Gasteiger partial charge in [-0.05, 0) is 57.4 Å². The minimum atomic E-state index is 0.883. The van der Waals surface area contributed by atoms with E-state index in [0.29, 0.717) is 0 Å². The van der Waals surface area contributed by atoms with Crippen molar-refractivity contribution in [2.24, 2.45) is 0 Å². The second kappa shape index (κ2) is 9.86. The van der Waals surface area contributed by atoms with Crippen LogP contribution in [0.3, 0.4) is 0 Å². The summed E-state index contributed by atoms with van der Waals surface area (Å²) in [5.41, 5.74) is 7.34. The second-order valence-electron chi connectivity index (χ2n) is 11.3. The first-order valence-corrected chi connectivity index (χ1v) is 15.0. The Morgan fingerprint density at radius 1 is 0.364 bits per heavy atom. The van der Waals surface area contributed by atoms with Gasteiger partial charge in [0.05, 0.1) is 22.4 Å². The number of hydrogen-bond acceptors (Lipinski definition) is 2. The topological polar surface area (TPSA) is 16.4 Å². The molecule has 0 radical (unpaired) electrons. The standard InChI is InChI=1S/C42H27NO/c1-2-12-29(13-3-1)33-26-27-39(41-36-19-8-9-23-40(36)44-42(33)41)43(37-21-10-16-28-14-5-7-18-32(28)37)38-22-11-20-34-31-17-6-4-15-30(31)24-25-35(34)38/h1-27H. The first kappa shape index (κ1) is 24.7. The van der Waals surface area contributed by atoms with Crippen LogP contribution in [0.4, 0.5) is 17.1 Å². The average molecular weight is 562 g/mol. The van der Waals surface area contributed by atoms with Gasteiger partial charge in [-0.25, -0.2) is 0 Å². The van der Waals surface area contributed by atoms with E-state index >= 15 is 0 Å². The van der Waals surface area contributed by atoms with Crippen LogP contribution in [0.15, 0.2) is 168 Å². The SMILES string of the molecule is c1ccc(-c2ccc(N(c3cccc4ccccc34)c3cccc4c3ccc3ccccc34)c3c2oc2ccccc23)cc1. The van der Waals surface area contributed by atoms with Gasteiger partial charge in [0.15, 0.2) is 0 Å². The van der Waals surface area contributed by atoms with Crippen molar-refractivity contribution in [3.8, 4) is 11.1 Å². The number of nitrogens with zero attached hydrogens (tertiary/aromatic N) is 1. The van der Waals surface area contributed by atoms with Gasteiger partial charge in [-0.2, -0.15) is 0 Å². The van der Waals surface area contributed by atoms with Gasteiger partial charge in [-0.3, -0.25) is 0 Å². The van der Waals surface area contributed by atoms with Crippen LogP contribution in [-0.4, -0.2) is 0 Å². The van der Waals surface area contributed by atoms with Gasteiger partial charge >= 0.3 is 0 Å². The highest BCUT2D eigenvalue weighted by Crippen LogP contribution is 2.49. The summed E-state index contributed by atoms with van der Waals surface area (Å²) >= 11 is 0. The van der Waals surface area contributed by atoms with Crippen molar-refractivity contribution >= 4 is 71.3 Å². The lowest BCUT2D eigenvalue weighted by molar-refractivity contribution is 0.670. The lowest BCUT2D eigenvalue weighted by atomic mass is 9.97. The zero-order valence-corrected chi connectivity index (χ0v) is 23.9. The van der Waals surface area contributed by atoms with Crippen LogP contribution in [0.2, 0.25) is 0 Å². The van der Waals surface area contributed by atoms with Crippen LogP contribution in [0.25, 0.3) is 65.4 Å². The lowest BCUT2D eigenvalue weighted by Gasteiger charge is -2.29. The zero-order valence-electron chi connectivity index (χ0n) is 23.9. The quantitative estimate of drug-likeness (QED) is 0.199. The molecule has 9 aromatic rings. The van der Waals surface area contributed by atoms with Crippen molar-refractivity contribution in [2.75, 3.05) is 4.90 Å². The number of hydrogen-bond donors (Lipinski definition) is 0. The van der Waals surface area contributed by atoms with Crippen LogP contribution in [-0.2, 0) is 0 Å². The van der Waals surface area contributed by atoms with Crippen LogP contribution in [0.1, 0.15) is 0 Å². The molecular formula is C42H27NO. The molecule has 0 fully saturated rings. The first-order valence-electron chi connectivity index (χ1n) is 15.0. The van der Waals surface area contributed by atoms with Gasteiger partial charge in [-0.15, -0.1) is 0 Å². The molecule has 0 amide bonds. The smallest absolute Gasteiger partial charge is 0.145 e. The van der Waals surface area contributed by atoms with Gasteiger partial charge in [-0.1, -0.05) is 133 Å². The molecule has 0 N–H and O–H groups in total. The molecule has 0 aliphatic carbocycles. The molecule has 44 heavy (non-hydrogen) atoms. The maximum Gasteiger partial charge on any atom is 0.145 e. The van der Waals surface area contributed by atoms with E-state index in [2.05, 4.69) is 163 Å². The van der Waals surface area contributed by atoms with Crippen molar-refractivity contribution in [3.63, 3.8) is 0 Å². The van der Waals surface area contributed by atoms with Gasteiger partial charge in [0, 0.05) is 21.7 Å². The molecule has 0 saturated heterocycles. The van der Waals surface area contributed by atoms with Gasteiger partial charge in [0.2, 0.25) is 0 Å². The Labute approximate surface area is 255 Å². The van der Waals surface area contributed by atoms with Crippen LogP contribution in [0.5, 0.6) is 0 Å². The molecular weight excluding hydrogens is 534 g/mol. The number of rotatable bonds is 4. The summed E-state index contributed by atoms with van der Waals surface area (Å²) < 4.78 is 6.71. The Hall–Kier alpha value is -5.86. The molecule has 0 aliphatic rings. The third kappa shape index (κ3) is 3.75. The summed E-state index contributed by atoms with van der Waals surface area (Å²) in [7, 11) is 0. The van der Waals surface area contributed by atoms with E-state index in [-0.39, 0.29) is 0 Å². The molecule has 2 nitrogen and oxygen atoms in total. The van der Waals surface area contributed by atoms with E-state index in [1.54, 1.807) is 0 Å². The fourth-order valence-corrected chi connectivity index (χ4v) is 6.85. The molecule has 9 rings (SSSR count). The molecule has 206 valence electrons. The van der Waals surface area contributed by atoms with Crippen molar-refractivity contribution in [1.82, 2.24) is 0 Å². The van der Waals surface area contributed by atoms with E-state index in [9.17, 15) is 0 Å². The minimum Gasteiger partial charge on any atom is -0.455 e. The lowest BCUT2D eigenvalue weighted by Crippen LogP contribution is -2.11. The largest absolute Gasteiger partial charge is 0.455 e. The van der Waals surface area contributed by atoms with Crippen molar-refractivity contribution in [2.45, 2.75) is 0 Å². The third-order valence-corrected chi connectivity index (χ3v) is 8.84. The fourth-order valence-electron chi connectivity index (χ4n) is 6.85. The number of para-hydroxylation sites is 1. The summed E-state index contributed by atoms with van der Waals surface area (Å²) in [4.78, 5) is 2.44. The summed E-state index contributed by atoms with van der Waals surface area (Å²) in [6.45, 7) is 0. The van der Waals surface area contributed by atoms with E-state index in [4.69, 9.17) is 4.42 Å². The van der Waals surface area contributed by atoms with Gasteiger partial charge in [0.25, 0.3) is 0 Å². The second-order valence-corrected chi connectivity index (χ2v) is 11.3. The molecule has 0 saturated carbocycles. The van der Waals surface area contributed by atoms with Crippen LogP contribution < -0.4 is 4.90 Å². The highest BCUT2D eigenvalue weighted by atomic mass is 16.3. The summed E-state index contributed by atoms with van der Waals surface area (Å²) in [5.74, 6) is 0. The van der Waals surface area contributed by atoms with E-state index in [1.165, 1.54) is 32.3 Å². The van der Waals surface area contributed by atoms with Crippen LogP contribution >= 0.6 is 0 Å². The maximum absolute atomic E-state index is 6.71. The molecule has 0 atom stereocenters. The van der Waals surface area contributed by atoms with Crippen LogP contribution in [0, 0.1) is 0 Å². The number of fused-ring (bicyclic) bond motifs is 7. The Morgan fingerprint density at radius 3 is 1.82 bits per heavy atom. The summed E-state index contributed by atoms with van der Waals surface area (Å²) in [5, 5.41) is 9.54. The maximum atomic E-state index is 6.71. The zero-order chi connectivity index (χ0) is 29.0. The molecule has 8 aromatic carbocycles. The number of furan rings is 1.